The molecule has 3 rings (SSSR count). The van der Waals surface area contributed by atoms with Crippen LogP contribution in [0.5, 0.6) is 0 Å². The summed E-state index contributed by atoms with van der Waals surface area (Å²) in [6.07, 6.45) is 1.57. The van der Waals surface area contributed by atoms with E-state index in [0.29, 0.717) is 30.1 Å². The molecular formula is C14H15ClFN5O. The minimum absolute atomic E-state index is 0. The lowest BCUT2D eigenvalue weighted by molar-refractivity contribution is 0.626. The zero-order valence-corrected chi connectivity index (χ0v) is 12.7. The van der Waals surface area contributed by atoms with Gasteiger partial charge in [0.15, 0.2) is 11.2 Å². The van der Waals surface area contributed by atoms with E-state index in [1.807, 2.05) is 0 Å². The average molecular weight is 324 g/mol. The van der Waals surface area contributed by atoms with Crippen LogP contribution < -0.4 is 10.9 Å². The van der Waals surface area contributed by atoms with Gasteiger partial charge in [-0.25, -0.2) is 14.4 Å². The third kappa shape index (κ3) is 3.15. The molecule has 0 amide bonds. The molecule has 0 bridgehead atoms. The van der Waals surface area contributed by atoms with Crippen molar-refractivity contribution in [3.05, 3.63) is 58.2 Å². The molecule has 0 aliphatic rings. The van der Waals surface area contributed by atoms with E-state index < -0.39 is 0 Å². The lowest BCUT2D eigenvalue weighted by atomic mass is 10.2. The molecule has 0 fully saturated rings. The maximum atomic E-state index is 12.9. The van der Waals surface area contributed by atoms with Crippen LogP contribution in [0.3, 0.4) is 0 Å². The van der Waals surface area contributed by atoms with Crippen molar-refractivity contribution in [1.82, 2.24) is 24.8 Å². The zero-order valence-electron chi connectivity index (χ0n) is 11.8. The third-order valence-corrected chi connectivity index (χ3v) is 3.14. The molecule has 6 nitrogen and oxygen atoms in total. The van der Waals surface area contributed by atoms with Crippen molar-refractivity contribution in [1.29, 1.82) is 0 Å². The van der Waals surface area contributed by atoms with Crippen LogP contribution in [-0.4, -0.2) is 26.6 Å². The summed E-state index contributed by atoms with van der Waals surface area (Å²) in [7, 11) is 1.78. The molecule has 0 aliphatic carbocycles. The zero-order chi connectivity index (χ0) is 14.8. The van der Waals surface area contributed by atoms with Gasteiger partial charge in [-0.1, -0.05) is 12.1 Å². The van der Waals surface area contributed by atoms with Crippen molar-refractivity contribution in [2.75, 3.05) is 7.05 Å². The number of benzene rings is 1. The van der Waals surface area contributed by atoms with E-state index in [-0.39, 0.29) is 23.8 Å². The Hall–Kier alpha value is -2.25. The number of halogens is 2. The first-order valence-corrected chi connectivity index (χ1v) is 6.50. The number of aromatic nitrogens is 4. The van der Waals surface area contributed by atoms with Crippen LogP contribution in [0.15, 0.2) is 35.4 Å². The molecule has 0 saturated heterocycles. The Morgan fingerprint density at radius 3 is 2.73 bits per heavy atom. The first-order chi connectivity index (χ1) is 10.2. The molecule has 0 unspecified atom stereocenters. The standard InChI is InChI=1S/C14H14FN5O.ClH/c1-16-6-11-18-13-12(14(21)19-11)20(8-17-13)7-9-2-4-10(15)5-3-9;/h2-5,8,16H,6-7H2,1H3,(H,18,19,21);1H. The lowest BCUT2D eigenvalue weighted by Crippen LogP contribution is -2.18. The van der Waals surface area contributed by atoms with Crippen LogP contribution in [0.4, 0.5) is 4.39 Å². The normalized spacial score (nSPS) is 10.6. The molecule has 2 N–H and O–H groups in total. The molecule has 0 radical (unpaired) electrons. The van der Waals surface area contributed by atoms with Gasteiger partial charge in [0.2, 0.25) is 0 Å². The molecule has 8 heteroatoms. The summed E-state index contributed by atoms with van der Waals surface area (Å²) >= 11 is 0. The summed E-state index contributed by atoms with van der Waals surface area (Å²) in [6.45, 7) is 0.906. The summed E-state index contributed by atoms with van der Waals surface area (Å²) in [5, 5.41) is 2.93. The lowest BCUT2D eigenvalue weighted by Gasteiger charge is -2.04. The van der Waals surface area contributed by atoms with Crippen LogP contribution in [0.25, 0.3) is 11.2 Å². The maximum Gasteiger partial charge on any atom is 0.277 e. The van der Waals surface area contributed by atoms with Crippen molar-refractivity contribution < 1.29 is 4.39 Å². The SMILES string of the molecule is CNCc1nc2ncn(Cc3ccc(F)cc3)c2c(=O)[nH]1.Cl. The molecule has 0 spiro atoms. The maximum absolute atomic E-state index is 12.9. The average Bonchev–Trinajstić information content (AvgIpc) is 2.85. The number of fused-ring (bicyclic) bond motifs is 1. The molecule has 0 saturated carbocycles. The van der Waals surface area contributed by atoms with Crippen LogP contribution in [-0.2, 0) is 13.1 Å². The number of H-pyrrole nitrogens is 1. The van der Waals surface area contributed by atoms with Crippen LogP contribution in [0.1, 0.15) is 11.4 Å². The van der Waals surface area contributed by atoms with Gasteiger partial charge in [-0.2, -0.15) is 0 Å². The Morgan fingerprint density at radius 2 is 2.05 bits per heavy atom. The van der Waals surface area contributed by atoms with Gasteiger partial charge in [-0.15, -0.1) is 12.4 Å². The fourth-order valence-electron chi connectivity index (χ4n) is 2.19. The first-order valence-electron chi connectivity index (χ1n) is 6.50. The highest BCUT2D eigenvalue weighted by Crippen LogP contribution is 2.10. The smallest absolute Gasteiger partial charge is 0.277 e. The van der Waals surface area contributed by atoms with Gasteiger partial charge in [-0.3, -0.25) is 4.79 Å². The molecule has 2 heterocycles. The summed E-state index contributed by atoms with van der Waals surface area (Å²) in [4.78, 5) is 23.3. The quantitative estimate of drug-likeness (QED) is 0.762. The molecule has 1 aromatic carbocycles. The van der Waals surface area contributed by atoms with Crippen molar-refractivity contribution in [2.24, 2.45) is 0 Å². The number of imidazole rings is 1. The van der Waals surface area contributed by atoms with Crippen LogP contribution in [0, 0.1) is 5.82 Å². The molecule has 3 aromatic rings. The molecule has 2 aromatic heterocycles. The Kier molecular flexibility index (Phi) is 4.89. The molecule has 0 atom stereocenters. The van der Waals surface area contributed by atoms with Crippen molar-refractivity contribution >= 4 is 23.6 Å². The Balaban J connectivity index is 0.00000176. The second-order valence-electron chi connectivity index (χ2n) is 4.71. The van der Waals surface area contributed by atoms with Crippen molar-refractivity contribution in [2.45, 2.75) is 13.1 Å². The highest BCUT2D eigenvalue weighted by molar-refractivity contribution is 5.85. The minimum atomic E-state index is -0.287. The minimum Gasteiger partial charge on any atom is -0.320 e. The number of nitrogens with zero attached hydrogens (tertiary/aromatic N) is 3. The van der Waals surface area contributed by atoms with Gasteiger partial charge in [0.25, 0.3) is 5.56 Å². The Bertz CT molecular complexity index is 827. The monoisotopic (exact) mass is 323 g/mol. The second-order valence-corrected chi connectivity index (χ2v) is 4.71. The van der Waals surface area contributed by atoms with Gasteiger partial charge in [0, 0.05) is 6.54 Å². The van der Waals surface area contributed by atoms with E-state index in [1.165, 1.54) is 12.1 Å². The van der Waals surface area contributed by atoms with Gasteiger partial charge in [-0.05, 0) is 24.7 Å². The van der Waals surface area contributed by atoms with Crippen LogP contribution in [0.2, 0.25) is 0 Å². The van der Waals surface area contributed by atoms with E-state index >= 15 is 0 Å². The van der Waals surface area contributed by atoms with E-state index in [9.17, 15) is 9.18 Å². The number of hydrogen-bond donors (Lipinski definition) is 2. The van der Waals surface area contributed by atoms with Gasteiger partial charge >= 0.3 is 0 Å². The van der Waals surface area contributed by atoms with Crippen molar-refractivity contribution in [3.63, 3.8) is 0 Å². The topological polar surface area (TPSA) is 75.6 Å². The largest absolute Gasteiger partial charge is 0.320 e. The third-order valence-electron chi connectivity index (χ3n) is 3.14. The van der Waals surface area contributed by atoms with Gasteiger partial charge < -0.3 is 14.9 Å². The number of nitrogens with one attached hydrogen (secondary N) is 2. The predicted octanol–water partition coefficient (Wildman–Crippen LogP) is 1.45. The molecular weight excluding hydrogens is 309 g/mol. The highest BCUT2D eigenvalue weighted by atomic mass is 35.5. The van der Waals surface area contributed by atoms with E-state index in [0.717, 1.165) is 5.56 Å². The summed E-state index contributed by atoms with van der Waals surface area (Å²) in [6, 6.07) is 6.14. The molecule has 22 heavy (non-hydrogen) atoms. The van der Waals surface area contributed by atoms with Crippen LogP contribution >= 0.6 is 12.4 Å². The van der Waals surface area contributed by atoms with E-state index in [4.69, 9.17) is 0 Å². The number of aromatic amines is 1. The number of hydrogen-bond acceptors (Lipinski definition) is 4. The summed E-state index contributed by atoms with van der Waals surface area (Å²) in [5.74, 6) is 0.257. The fourth-order valence-corrected chi connectivity index (χ4v) is 2.19. The Morgan fingerprint density at radius 1 is 1.32 bits per heavy atom. The summed E-state index contributed by atoms with van der Waals surface area (Å²) < 4.78 is 14.6. The predicted molar refractivity (Wildman–Crippen MR) is 83.7 cm³/mol. The van der Waals surface area contributed by atoms with E-state index in [1.54, 1.807) is 30.1 Å². The number of rotatable bonds is 4. The summed E-state index contributed by atoms with van der Waals surface area (Å²) in [5.41, 5.74) is 1.48. The molecule has 116 valence electrons. The molecule has 0 aliphatic heterocycles. The first kappa shape index (κ1) is 16.1. The van der Waals surface area contributed by atoms with E-state index in [2.05, 4.69) is 20.3 Å². The van der Waals surface area contributed by atoms with Crippen molar-refractivity contribution in [3.8, 4) is 0 Å². The highest BCUT2D eigenvalue weighted by Gasteiger charge is 2.10. The van der Waals surface area contributed by atoms with Gasteiger partial charge in [0.05, 0.1) is 12.9 Å². The van der Waals surface area contributed by atoms with Gasteiger partial charge in [0.1, 0.15) is 11.6 Å². The Labute approximate surface area is 131 Å². The fraction of sp³-hybridized carbons (Fsp3) is 0.214. The second kappa shape index (κ2) is 6.67.